The average molecular weight is 360 g/mol. The number of hydrogen-bond donors (Lipinski definition) is 3. The van der Waals surface area contributed by atoms with E-state index in [4.69, 9.17) is 9.84 Å². The predicted molar refractivity (Wildman–Crippen MR) is 85.9 cm³/mol. The van der Waals surface area contributed by atoms with Crippen molar-refractivity contribution in [2.45, 2.75) is 56.6 Å². The van der Waals surface area contributed by atoms with Crippen LogP contribution in [0.25, 0.3) is 0 Å². The van der Waals surface area contributed by atoms with Gasteiger partial charge in [-0.25, -0.2) is 4.79 Å². The molecule has 1 aliphatic carbocycles. The van der Waals surface area contributed by atoms with E-state index in [1.165, 1.54) is 0 Å². The Balaban J connectivity index is 1.68. The molecule has 0 aliphatic heterocycles. The van der Waals surface area contributed by atoms with E-state index < -0.39 is 24.9 Å². The van der Waals surface area contributed by atoms with Gasteiger partial charge in [0.2, 0.25) is 0 Å². The monoisotopic (exact) mass is 360 g/mol. The molecule has 1 saturated carbocycles. The highest BCUT2D eigenvalue weighted by Gasteiger charge is 2.40. The molecule has 5 nitrogen and oxygen atoms in total. The summed E-state index contributed by atoms with van der Waals surface area (Å²) in [5, 5.41) is 14.1. The summed E-state index contributed by atoms with van der Waals surface area (Å²) in [6.07, 6.45) is -2.87. The Morgan fingerprint density at radius 1 is 1.16 bits per heavy atom. The van der Waals surface area contributed by atoms with Crippen LogP contribution in [0.1, 0.15) is 31.2 Å². The molecule has 0 heterocycles. The molecule has 1 fully saturated rings. The van der Waals surface area contributed by atoms with Crippen molar-refractivity contribution in [3.8, 4) is 0 Å². The van der Waals surface area contributed by atoms with E-state index in [1.54, 1.807) is 0 Å². The lowest BCUT2D eigenvalue weighted by Gasteiger charge is -2.32. The number of amides is 1. The number of nitrogens with one attached hydrogen (secondary N) is 2. The van der Waals surface area contributed by atoms with Crippen LogP contribution in [0.5, 0.6) is 0 Å². The second-order valence-corrected chi connectivity index (χ2v) is 6.20. The van der Waals surface area contributed by atoms with Crippen LogP contribution < -0.4 is 10.6 Å². The van der Waals surface area contributed by atoms with Crippen molar-refractivity contribution in [2.24, 2.45) is 0 Å². The van der Waals surface area contributed by atoms with Crippen LogP contribution in [-0.2, 0) is 11.3 Å². The summed E-state index contributed by atoms with van der Waals surface area (Å²) in [5.74, 6) is 0. The van der Waals surface area contributed by atoms with Crippen molar-refractivity contribution in [1.82, 2.24) is 10.6 Å². The van der Waals surface area contributed by atoms with E-state index in [0.29, 0.717) is 25.7 Å². The molecular weight excluding hydrogens is 337 g/mol. The Kier molecular flexibility index (Phi) is 7.07. The largest absolute Gasteiger partial charge is 0.445 e. The molecule has 0 bridgehead atoms. The van der Waals surface area contributed by atoms with Crippen molar-refractivity contribution in [3.63, 3.8) is 0 Å². The molecule has 1 atom stereocenters. The topological polar surface area (TPSA) is 70.6 Å². The molecule has 25 heavy (non-hydrogen) atoms. The van der Waals surface area contributed by atoms with Gasteiger partial charge in [0.1, 0.15) is 12.6 Å². The number of carbonyl (C=O) groups is 1. The first-order chi connectivity index (χ1) is 11.9. The second kappa shape index (κ2) is 9.05. The van der Waals surface area contributed by atoms with Gasteiger partial charge in [-0.1, -0.05) is 30.3 Å². The predicted octanol–water partition coefficient (Wildman–Crippen LogP) is 2.74. The minimum atomic E-state index is -4.47. The van der Waals surface area contributed by atoms with Gasteiger partial charge in [0, 0.05) is 12.1 Å². The number of aliphatic hydroxyl groups excluding tert-OH is 1. The Labute approximate surface area is 144 Å². The fraction of sp³-hybridized carbons (Fsp3) is 0.588. The third-order valence-electron chi connectivity index (χ3n) is 4.28. The van der Waals surface area contributed by atoms with E-state index in [-0.39, 0.29) is 18.7 Å². The first-order valence-corrected chi connectivity index (χ1v) is 8.29. The van der Waals surface area contributed by atoms with E-state index in [0.717, 1.165) is 5.56 Å². The third kappa shape index (κ3) is 6.55. The van der Waals surface area contributed by atoms with Gasteiger partial charge in [-0.2, -0.15) is 13.2 Å². The SMILES string of the molecule is O=C(NC1CCC(N[C@@H](CO)C(F)(F)F)CC1)OCc1ccccc1. The fourth-order valence-corrected chi connectivity index (χ4v) is 2.87. The molecule has 1 amide bonds. The average Bonchev–Trinajstić information content (AvgIpc) is 2.59. The molecule has 1 aliphatic rings. The number of carbonyl (C=O) groups excluding carboxylic acids is 1. The summed E-state index contributed by atoms with van der Waals surface area (Å²) in [6.45, 7) is -0.805. The van der Waals surface area contributed by atoms with Gasteiger partial charge in [-0.3, -0.25) is 0 Å². The van der Waals surface area contributed by atoms with Crippen molar-refractivity contribution >= 4 is 6.09 Å². The normalized spacial score (nSPS) is 22.2. The summed E-state index contributed by atoms with van der Waals surface area (Å²) < 4.78 is 43.1. The number of hydrogen-bond acceptors (Lipinski definition) is 4. The maximum absolute atomic E-state index is 12.7. The van der Waals surface area contributed by atoms with Crippen LogP contribution >= 0.6 is 0 Å². The number of benzene rings is 1. The zero-order chi connectivity index (χ0) is 18.3. The second-order valence-electron chi connectivity index (χ2n) is 6.20. The molecule has 3 N–H and O–H groups in total. The highest BCUT2D eigenvalue weighted by atomic mass is 19.4. The van der Waals surface area contributed by atoms with Gasteiger partial charge in [0.05, 0.1) is 6.61 Å². The molecule has 0 radical (unpaired) electrons. The molecule has 8 heteroatoms. The van der Waals surface area contributed by atoms with Crippen LogP contribution in [0.4, 0.5) is 18.0 Å². The lowest BCUT2D eigenvalue weighted by molar-refractivity contribution is -0.166. The zero-order valence-corrected chi connectivity index (χ0v) is 13.8. The van der Waals surface area contributed by atoms with Gasteiger partial charge in [0.15, 0.2) is 0 Å². The van der Waals surface area contributed by atoms with Gasteiger partial charge in [0.25, 0.3) is 0 Å². The smallest absolute Gasteiger partial charge is 0.407 e. The molecule has 1 aromatic carbocycles. The van der Waals surface area contributed by atoms with E-state index in [2.05, 4.69) is 10.6 Å². The number of aliphatic hydroxyl groups is 1. The summed E-state index contributed by atoms with van der Waals surface area (Å²) in [5.41, 5.74) is 0.882. The number of halogens is 3. The Bertz CT molecular complexity index is 532. The van der Waals surface area contributed by atoms with Crippen molar-refractivity contribution in [1.29, 1.82) is 0 Å². The summed E-state index contributed by atoms with van der Waals surface area (Å²) in [7, 11) is 0. The Hall–Kier alpha value is -1.80. The molecule has 2 rings (SSSR count). The van der Waals surface area contributed by atoms with Crippen molar-refractivity contribution in [2.75, 3.05) is 6.61 Å². The molecule has 1 aromatic rings. The molecule has 140 valence electrons. The first-order valence-electron chi connectivity index (χ1n) is 8.29. The van der Waals surface area contributed by atoms with Crippen LogP contribution in [0.2, 0.25) is 0 Å². The van der Waals surface area contributed by atoms with E-state index in [9.17, 15) is 18.0 Å². The van der Waals surface area contributed by atoms with Gasteiger partial charge in [-0.05, 0) is 31.2 Å². The van der Waals surface area contributed by atoms with Crippen molar-refractivity contribution < 1.29 is 27.8 Å². The van der Waals surface area contributed by atoms with Gasteiger partial charge < -0.3 is 20.5 Å². The zero-order valence-electron chi connectivity index (χ0n) is 13.8. The minimum Gasteiger partial charge on any atom is -0.445 e. The standard InChI is InChI=1S/C17H23F3N2O3/c18-17(19,20)15(10-23)21-13-6-8-14(9-7-13)22-16(24)25-11-12-4-2-1-3-5-12/h1-5,13-15,21,23H,6-11H2,(H,22,24)/t13?,14?,15-/m0/s1. The summed E-state index contributed by atoms with van der Waals surface area (Å²) in [6, 6.07) is 6.94. The molecule has 0 unspecified atom stereocenters. The Morgan fingerprint density at radius 3 is 2.32 bits per heavy atom. The van der Waals surface area contributed by atoms with Crippen LogP contribution in [0.3, 0.4) is 0 Å². The van der Waals surface area contributed by atoms with Crippen LogP contribution in [0, 0.1) is 0 Å². The number of alkyl halides is 3. The lowest BCUT2D eigenvalue weighted by Crippen LogP contribution is -2.51. The minimum absolute atomic E-state index is 0.111. The number of ether oxygens (including phenoxy) is 1. The van der Waals surface area contributed by atoms with Crippen LogP contribution in [-0.4, -0.2) is 42.1 Å². The quantitative estimate of drug-likeness (QED) is 0.730. The summed E-state index contributed by atoms with van der Waals surface area (Å²) >= 11 is 0. The van der Waals surface area contributed by atoms with Crippen molar-refractivity contribution in [3.05, 3.63) is 35.9 Å². The van der Waals surface area contributed by atoms with Gasteiger partial charge in [-0.15, -0.1) is 0 Å². The maximum atomic E-state index is 12.7. The highest BCUT2D eigenvalue weighted by Crippen LogP contribution is 2.24. The summed E-state index contributed by atoms with van der Waals surface area (Å²) in [4.78, 5) is 11.8. The van der Waals surface area contributed by atoms with Gasteiger partial charge >= 0.3 is 12.3 Å². The van der Waals surface area contributed by atoms with E-state index >= 15 is 0 Å². The van der Waals surface area contributed by atoms with Crippen LogP contribution in [0.15, 0.2) is 30.3 Å². The highest BCUT2D eigenvalue weighted by molar-refractivity contribution is 5.67. The molecule has 0 saturated heterocycles. The number of rotatable bonds is 6. The molecule has 0 spiro atoms. The first kappa shape index (κ1) is 19.5. The molecular formula is C17H23F3N2O3. The lowest BCUT2D eigenvalue weighted by atomic mass is 9.91. The maximum Gasteiger partial charge on any atom is 0.407 e. The number of alkyl carbamates (subject to hydrolysis) is 1. The third-order valence-corrected chi connectivity index (χ3v) is 4.28. The molecule has 0 aromatic heterocycles. The van der Waals surface area contributed by atoms with E-state index in [1.807, 2.05) is 30.3 Å². The fourth-order valence-electron chi connectivity index (χ4n) is 2.87. The Morgan fingerprint density at radius 2 is 1.76 bits per heavy atom.